The maximum absolute atomic E-state index is 13.7. The van der Waals surface area contributed by atoms with Crippen molar-refractivity contribution in [3.8, 4) is 0 Å². The SMILES string of the molecule is CCCCCCCCCCCCn1c2c([n+](CCCCCCCCCCCC)c1C)C(=O)c1ccccc1C2=O.[Br-]. The zero-order valence-electron chi connectivity index (χ0n) is 26.5. The van der Waals surface area contributed by atoms with Crippen LogP contribution in [-0.2, 0) is 13.1 Å². The fourth-order valence-electron chi connectivity index (χ4n) is 6.38. The highest BCUT2D eigenvalue weighted by Gasteiger charge is 2.42. The second kappa shape index (κ2) is 20.2. The number of halogens is 1. The fraction of sp³-hybridized carbons (Fsp3) is 0.694. The lowest BCUT2D eigenvalue weighted by Crippen LogP contribution is -3.00. The molecule has 4 nitrogen and oxygen atoms in total. The Labute approximate surface area is 261 Å². The van der Waals surface area contributed by atoms with Gasteiger partial charge in [0, 0.05) is 18.1 Å². The Morgan fingerprint density at radius 3 is 1.49 bits per heavy atom. The van der Waals surface area contributed by atoms with Crippen LogP contribution in [0, 0.1) is 6.92 Å². The molecule has 0 saturated heterocycles. The van der Waals surface area contributed by atoms with Gasteiger partial charge >= 0.3 is 0 Å². The van der Waals surface area contributed by atoms with Crippen molar-refractivity contribution in [1.29, 1.82) is 0 Å². The molecule has 0 amide bonds. The van der Waals surface area contributed by atoms with Crippen LogP contribution in [0.15, 0.2) is 24.3 Å². The Hall–Kier alpha value is -1.75. The van der Waals surface area contributed by atoms with E-state index in [0.29, 0.717) is 22.5 Å². The number of hydrogen-bond acceptors (Lipinski definition) is 2. The molecule has 0 radical (unpaired) electrons. The zero-order chi connectivity index (χ0) is 28.6. The average Bonchev–Trinajstić information content (AvgIpc) is 3.25. The van der Waals surface area contributed by atoms with Gasteiger partial charge in [0.25, 0.3) is 5.82 Å². The summed E-state index contributed by atoms with van der Waals surface area (Å²) in [5.74, 6) is 1.09. The number of rotatable bonds is 22. The van der Waals surface area contributed by atoms with Crippen LogP contribution in [0.2, 0.25) is 0 Å². The lowest BCUT2D eigenvalue weighted by molar-refractivity contribution is -0.704. The van der Waals surface area contributed by atoms with E-state index < -0.39 is 0 Å². The second-order valence-corrected chi connectivity index (χ2v) is 12.1. The van der Waals surface area contributed by atoms with E-state index in [2.05, 4.69) is 29.9 Å². The summed E-state index contributed by atoms with van der Waals surface area (Å²) in [6.45, 7) is 8.28. The van der Waals surface area contributed by atoms with Crippen LogP contribution >= 0.6 is 0 Å². The topological polar surface area (TPSA) is 43.0 Å². The summed E-state index contributed by atoms with van der Waals surface area (Å²) < 4.78 is 4.35. The van der Waals surface area contributed by atoms with Crippen molar-refractivity contribution in [2.24, 2.45) is 0 Å². The van der Waals surface area contributed by atoms with Gasteiger partial charge in [-0.15, -0.1) is 0 Å². The van der Waals surface area contributed by atoms with Gasteiger partial charge in [0.2, 0.25) is 23.0 Å². The molecule has 0 bridgehead atoms. The Kier molecular flexibility index (Phi) is 17.5. The number of unbranched alkanes of at least 4 members (excludes halogenated alkanes) is 18. The molecular weight excluding hydrogens is 572 g/mol. The first-order chi connectivity index (χ1) is 19.6. The molecule has 5 heteroatoms. The van der Waals surface area contributed by atoms with Crippen LogP contribution in [0.3, 0.4) is 0 Å². The van der Waals surface area contributed by atoms with Gasteiger partial charge in [0.1, 0.15) is 0 Å². The van der Waals surface area contributed by atoms with Crippen molar-refractivity contribution in [2.75, 3.05) is 0 Å². The third-order valence-electron chi connectivity index (χ3n) is 8.86. The number of nitrogens with zero attached hydrogens (tertiary/aromatic N) is 2. The highest BCUT2D eigenvalue weighted by Crippen LogP contribution is 2.28. The Balaban J connectivity index is 0.00000588. The lowest BCUT2D eigenvalue weighted by atomic mass is 9.90. The van der Waals surface area contributed by atoms with Gasteiger partial charge in [-0.2, -0.15) is 0 Å². The number of carbonyl (C=O) groups is 2. The first-order valence-electron chi connectivity index (χ1n) is 16.9. The monoisotopic (exact) mass is 628 g/mol. The number of benzene rings is 1. The zero-order valence-corrected chi connectivity index (χ0v) is 28.0. The van der Waals surface area contributed by atoms with Crippen molar-refractivity contribution in [3.63, 3.8) is 0 Å². The fourth-order valence-corrected chi connectivity index (χ4v) is 6.38. The van der Waals surface area contributed by atoms with Gasteiger partial charge in [-0.3, -0.25) is 9.59 Å². The summed E-state index contributed by atoms with van der Waals surface area (Å²) >= 11 is 0. The van der Waals surface area contributed by atoms with Gasteiger partial charge in [-0.1, -0.05) is 141 Å². The van der Waals surface area contributed by atoms with Gasteiger partial charge in [0.15, 0.2) is 0 Å². The molecule has 1 aliphatic rings. The van der Waals surface area contributed by atoms with Crippen LogP contribution in [-0.4, -0.2) is 16.1 Å². The molecule has 0 fully saturated rings. The van der Waals surface area contributed by atoms with Gasteiger partial charge in [0.05, 0.1) is 13.1 Å². The molecule has 0 spiro atoms. The summed E-state index contributed by atoms with van der Waals surface area (Å²) in [6.07, 6.45) is 25.8. The average molecular weight is 630 g/mol. The molecule has 1 aromatic carbocycles. The van der Waals surface area contributed by atoms with Gasteiger partial charge in [-0.05, 0) is 25.7 Å². The Bertz CT molecular complexity index is 978. The first-order valence-corrected chi connectivity index (χ1v) is 16.9. The van der Waals surface area contributed by atoms with Crippen molar-refractivity contribution >= 4 is 11.6 Å². The second-order valence-electron chi connectivity index (χ2n) is 12.1. The van der Waals surface area contributed by atoms with Crippen molar-refractivity contribution < 1.29 is 31.1 Å². The minimum atomic E-state index is 0. The standard InChI is InChI=1S/C36H57N2O2.BrH/c1-4-6-8-10-12-14-16-18-20-24-28-37-30(3)38(29-25-21-19-17-15-13-11-9-7-5-2)34-33(37)35(39)31-26-22-23-27-32(31)36(34)40;/h22-23,26-27H,4-21,24-25,28-29H2,1-3H3;1H/q+1;/p-1. The van der Waals surface area contributed by atoms with E-state index in [4.69, 9.17) is 0 Å². The third-order valence-corrected chi connectivity index (χ3v) is 8.86. The Morgan fingerprint density at radius 1 is 0.585 bits per heavy atom. The number of hydrogen-bond donors (Lipinski definition) is 0. The molecule has 1 aliphatic carbocycles. The van der Waals surface area contributed by atoms with E-state index in [-0.39, 0.29) is 28.5 Å². The molecule has 41 heavy (non-hydrogen) atoms. The molecule has 0 atom stereocenters. The number of ketones is 2. The van der Waals surface area contributed by atoms with Crippen LogP contribution in [0.1, 0.15) is 180 Å². The highest BCUT2D eigenvalue weighted by atomic mass is 79.9. The molecule has 1 heterocycles. The molecule has 0 N–H and O–H groups in total. The lowest BCUT2D eigenvalue weighted by Gasteiger charge is -2.13. The van der Waals surface area contributed by atoms with Crippen molar-refractivity contribution in [2.45, 2.75) is 162 Å². The van der Waals surface area contributed by atoms with E-state index in [1.54, 1.807) is 0 Å². The molecule has 3 rings (SSSR count). The normalized spacial score (nSPS) is 12.4. The van der Waals surface area contributed by atoms with Crippen LogP contribution in [0.25, 0.3) is 0 Å². The Morgan fingerprint density at radius 2 is 1.00 bits per heavy atom. The molecule has 230 valence electrons. The predicted octanol–water partition coefficient (Wildman–Crippen LogP) is 6.71. The molecule has 0 aliphatic heterocycles. The summed E-state index contributed by atoms with van der Waals surface area (Å²) in [4.78, 5) is 27.4. The molecule has 0 unspecified atom stereocenters. The van der Waals surface area contributed by atoms with Crippen LogP contribution < -0.4 is 21.5 Å². The van der Waals surface area contributed by atoms with E-state index in [0.717, 1.165) is 31.8 Å². The van der Waals surface area contributed by atoms with E-state index >= 15 is 0 Å². The van der Waals surface area contributed by atoms with E-state index in [1.165, 1.54) is 116 Å². The summed E-state index contributed by atoms with van der Waals surface area (Å²) in [5.41, 5.74) is 2.38. The summed E-state index contributed by atoms with van der Waals surface area (Å²) in [6, 6.07) is 7.38. The summed E-state index contributed by atoms with van der Waals surface area (Å²) in [7, 11) is 0. The highest BCUT2D eigenvalue weighted by molar-refractivity contribution is 6.26. The first kappa shape index (κ1) is 35.4. The minimum Gasteiger partial charge on any atom is -1.00 e. The van der Waals surface area contributed by atoms with Gasteiger partial charge in [-0.25, -0.2) is 9.13 Å². The largest absolute Gasteiger partial charge is 1.00 e. The number of fused-ring (bicyclic) bond motifs is 2. The molecule has 1 aromatic heterocycles. The predicted molar refractivity (Wildman–Crippen MR) is 166 cm³/mol. The molecule has 0 saturated carbocycles. The quantitative estimate of drug-likeness (QED) is 0.0917. The minimum absolute atomic E-state index is 0. The van der Waals surface area contributed by atoms with Crippen molar-refractivity contribution in [1.82, 2.24) is 4.57 Å². The molecule has 2 aromatic rings. The van der Waals surface area contributed by atoms with E-state index in [9.17, 15) is 9.59 Å². The maximum Gasteiger partial charge on any atom is 0.254 e. The maximum atomic E-state index is 13.7. The van der Waals surface area contributed by atoms with Crippen molar-refractivity contribution in [3.05, 3.63) is 52.6 Å². The molecular formula is C36H57BrN2O2. The summed E-state index contributed by atoms with van der Waals surface area (Å²) in [5, 5.41) is 0. The van der Waals surface area contributed by atoms with Gasteiger partial charge < -0.3 is 17.0 Å². The smallest absolute Gasteiger partial charge is 0.254 e. The van der Waals surface area contributed by atoms with Crippen LogP contribution in [0.5, 0.6) is 0 Å². The van der Waals surface area contributed by atoms with E-state index in [1.807, 2.05) is 24.3 Å². The number of aromatic nitrogens is 2. The number of imidazole rings is 1. The number of carbonyl (C=O) groups excluding carboxylic acids is 2. The van der Waals surface area contributed by atoms with Crippen LogP contribution in [0.4, 0.5) is 0 Å². The third kappa shape index (κ3) is 10.5.